The van der Waals surface area contributed by atoms with Crippen molar-refractivity contribution < 1.29 is 4.79 Å². The van der Waals surface area contributed by atoms with E-state index in [1.165, 1.54) is 11.3 Å². The van der Waals surface area contributed by atoms with Crippen molar-refractivity contribution in [2.45, 2.75) is 13.3 Å². The zero-order valence-electron chi connectivity index (χ0n) is 7.62. The average molecular weight is 195 g/mol. The molecule has 0 aliphatic rings. The predicted octanol–water partition coefficient (Wildman–Crippen LogP) is 2.44. The standard InChI is InChI=1S/C10H13NOS/c1-2-5-11-6-3-10(12)9-4-7-13-8-9/h3-4,6-8,11H,2,5H2,1H3/b6-3-. The number of thiophene rings is 1. The van der Waals surface area contributed by atoms with Crippen LogP contribution >= 0.6 is 11.3 Å². The molecule has 1 N–H and O–H groups in total. The Labute approximate surface area is 82.3 Å². The zero-order valence-corrected chi connectivity index (χ0v) is 8.43. The van der Waals surface area contributed by atoms with Crippen molar-refractivity contribution in [2.24, 2.45) is 0 Å². The third-order valence-corrected chi connectivity index (χ3v) is 2.24. The van der Waals surface area contributed by atoms with Crippen molar-refractivity contribution in [1.82, 2.24) is 5.32 Å². The molecule has 1 rings (SSSR count). The molecule has 0 radical (unpaired) electrons. The van der Waals surface area contributed by atoms with Crippen molar-refractivity contribution in [3.8, 4) is 0 Å². The number of carbonyl (C=O) groups excluding carboxylic acids is 1. The van der Waals surface area contributed by atoms with Gasteiger partial charge in [0.15, 0.2) is 5.78 Å². The molecular weight excluding hydrogens is 182 g/mol. The van der Waals surface area contributed by atoms with Crippen LogP contribution in [0.5, 0.6) is 0 Å². The lowest BCUT2D eigenvalue weighted by Crippen LogP contribution is -2.06. The maximum atomic E-state index is 11.3. The van der Waals surface area contributed by atoms with Gasteiger partial charge in [-0.25, -0.2) is 0 Å². The van der Waals surface area contributed by atoms with E-state index in [0.29, 0.717) is 0 Å². The molecule has 0 aliphatic heterocycles. The first-order valence-corrected chi connectivity index (χ1v) is 5.25. The lowest BCUT2D eigenvalue weighted by atomic mass is 10.2. The van der Waals surface area contributed by atoms with Crippen LogP contribution in [-0.4, -0.2) is 12.3 Å². The molecule has 0 amide bonds. The number of hydrogen-bond acceptors (Lipinski definition) is 3. The van der Waals surface area contributed by atoms with Gasteiger partial charge < -0.3 is 5.32 Å². The van der Waals surface area contributed by atoms with Crippen molar-refractivity contribution in [3.63, 3.8) is 0 Å². The van der Waals surface area contributed by atoms with Crippen LogP contribution in [-0.2, 0) is 0 Å². The fourth-order valence-electron chi connectivity index (χ4n) is 0.863. The highest BCUT2D eigenvalue weighted by molar-refractivity contribution is 7.08. The third-order valence-electron chi connectivity index (χ3n) is 1.55. The summed E-state index contributed by atoms with van der Waals surface area (Å²) < 4.78 is 0. The van der Waals surface area contributed by atoms with Gasteiger partial charge in [0.25, 0.3) is 0 Å². The molecule has 1 aromatic rings. The summed E-state index contributed by atoms with van der Waals surface area (Å²) in [5.74, 6) is 0.0600. The largest absolute Gasteiger partial charge is 0.391 e. The first-order chi connectivity index (χ1) is 6.34. The number of hydrogen-bond donors (Lipinski definition) is 1. The Morgan fingerprint density at radius 2 is 2.54 bits per heavy atom. The predicted molar refractivity (Wildman–Crippen MR) is 56.1 cm³/mol. The number of ketones is 1. The van der Waals surface area contributed by atoms with E-state index in [-0.39, 0.29) is 5.78 Å². The van der Waals surface area contributed by atoms with Crippen LogP contribution in [0.3, 0.4) is 0 Å². The zero-order chi connectivity index (χ0) is 9.52. The van der Waals surface area contributed by atoms with E-state index in [0.717, 1.165) is 18.5 Å². The second kappa shape index (κ2) is 5.54. The molecule has 0 aliphatic carbocycles. The van der Waals surface area contributed by atoms with Crippen LogP contribution in [0.2, 0.25) is 0 Å². The smallest absolute Gasteiger partial charge is 0.188 e. The first-order valence-electron chi connectivity index (χ1n) is 4.31. The molecule has 70 valence electrons. The summed E-state index contributed by atoms with van der Waals surface area (Å²) in [6.45, 7) is 2.99. The van der Waals surface area contributed by atoms with E-state index < -0.39 is 0 Å². The first kappa shape index (κ1) is 9.99. The van der Waals surface area contributed by atoms with E-state index in [1.807, 2.05) is 16.8 Å². The summed E-state index contributed by atoms with van der Waals surface area (Å²) >= 11 is 1.54. The van der Waals surface area contributed by atoms with E-state index in [4.69, 9.17) is 0 Å². The molecule has 3 heteroatoms. The van der Waals surface area contributed by atoms with Crippen molar-refractivity contribution in [3.05, 3.63) is 34.7 Å². The summed E-state index contributed by atoms with van der Waals surface area (Å²) in [7, 11) is 0. The van der Waals surface area contributed by atoms with Gasteiger partial charge in [0.1, 0.15) is 0 Å². The van der Waals surface area contributed by atoms with Crippen LogP contribution in [0.4, 0.5) is 0 Å². The van der Waals surface area contributed by atoms with Gasteiger partial charge in [-0.15, -0.1) is 0 Å². The highest BCUT2D eigenvalue weighted by Crippen LogP contribution is 2.06. The van der Waals surface area contributed by atoms with Crippen molar-refractivity contribution in [2.75, 3.05) is 6.54 Å². The molecule has 0 unspecified atom stereocenters. The van der Waals surface area contributed by atoms with Crippen LogP contribution in [0.15, 0.2) is 29.1 Å². The van der Waals surface area contributed by atoms with Gasteiger partial charge in [-0.2, -0.15) is 11.3 Å². The van der Waals surface area contributed by atoms with Gasteiger partial charge in [0.05, 0.1) is 0 Å². The van der Waals surface area contributed by atoms with Gasteiger partial charge in [0, 0.05) is 29.8 Å². The molecule has 13 heavy (non-hydrogen) atoms. The minimum Gasteiger partial charge on any atom is -0.391 e. The average Bonchev–Trinajstić information content (AvgIpc) is 2.65. The minimum absolute atomic E-state index is 0.0600. The Bertz CT molecular complexity index is 277. The fraction of sp³-hybridized carbons (Fsp3) is 0.300. The molecule has 2 nitrogen and oxygen atoms in total. The minimum atomic E-state index is 0.0600. The Hall–Kier alpha value is -1.09. The molecular formula is C10H13NOS. The number of allylic oxidation sites excluding steroid dienone is 1. The highest BCUT2D eigenvalue weighted by Gasteiger charge is 1.99. The van der Waals surface area contributed by atoms with Crippen LogP contribution in [0.1, 0.15) is 23.7 Å². The molecule has 1 aromatic heterocycles. The monoisotopic (exact) mass is 195 g/mol. The van der Waals surface area contributed by atoms with Crippen LogP contribution < -0.4 is 5.32 Å². The lowest BCUT2D eigenvalue weighted by Gasteiger charge is -1.94. The Balaban J connectivity index is 2.38. The molecule has 0 atom stereocenters. The highest BCUT2D eigenvalue weighted by atomic mass is 32.1. The van der Waals surface area contributed by atoms with E-state index in [1.54, 1.807) is 12.3 Å². The lowest BCUT2D eigenvalue weighted by molar-refractivity contribution is 0.104. The number of nitrogens with one attached hydrogen (secondary N) is 1. The summed E-state index contributed by atoms with van der Waals surface area (Å²) in [4.78, 5) is 11.3. The molecule has 0 aromatic carbocycles. The van der Waals surface area contributed by atoms with Gasteiger partial charge >= 0.3 is 0 Å². The second-order valence-corrected chi connectivity index (χ2v) is 3.44. The van der Waals surface area contributed by atoms with Gasteiger partial charge in [0.2, 0.25) is 0 Å². The second-order valence-electron chi connectivity index (χ2n) is 2.66. The topological polar surface area (TPSA) is 29.1 Å². The van der Waals surface area contributed by atoms with Crippen LogP contribution in [0, 0.1) is 0 Å². The summed E-state index contributed by atoms with van der Waals surface area (Å²) in [5.41, 5.74) is 0.763. The Morgan fingerprint density at radius 3 is 3.15 bits per heavy atom. The molecule has 0 bridgehead atoms. The third kappa shape index (κ3) is 3.42. The summed E-state index contributed by atoms with van der Waals surface area (Å²) in [6.07, 6.45) is 4.35. The van der Waals surface area contributed by atoms with Crippen molar-refractivity contribution >= 4 is 17.1 Å². The summed E-state index contributed by atoms with van der Waals surface area (Å²) in [5, 5.41) is 6.79. The van der Waals surface area contributed by atoms with Crippen LogP contribution in [0.25, 0.3) is 0 Å². The summed E-state index contributed by atoms with van der Waals surface area (Å²) in [6, 6.07) is 1.83. The number of carbonyl (C=O) groups is 1. The molecule has 0 spiro atoms. The van der Waals surface area contributed by atoms with Gasteiger partial charge in [-0.05, 0) is 17.9 Å². The van der Waals surface area contributed by atoms with E-state index >= 15 is 0 Å². The molecule has 0 saturated carbocycles. The SMILES string of the molecule is CCCN/C=C\C(=O)c1ccsc1. The molecule has 0 saturated heterocycles. The van der Waals surface area contributed by atoms with Crippen molar-refractivity contribution in [1.29, 1.82) is 0 Å². The fourth-order valence-corrected chi connectivity index (χ4v) is 1.51. The maximum absolute atomic E-state index is 11.3. The van der Waals surface area contributed by atoms with E-state index in [9.17, 15) is 4.79 Å². The molecule has 1 heterocycles. The molecule has 0 fully saturated rings. The maximum Gasteiger partial charge on any atom is 0.188 e. The van der Waals surface area contributed by atoms with Gasteiger partial charge in [-0.3, -0.25) is 4.79 Å². The Kier molecular flexibility index (Phi) is 4.26. The quantitative estimate of drug-likeness (QED) is 0.444. The van der Waals surface area contributed by atoms with Gasteiger partial charge in [-0.1, -0.05) is 6.92 Å². The number of rotatable bonds is 5. The normalized spacial score (nSPS) is 10.5. The Morgan fingerprint density at radius 1 is 1.69 bits per heavy atom. The van der Waals surface area contributed by atoms with E-state index in [2.05, 4.69) is 12.2 Å².